The van der Waals surface area contributed by atoms with Crippen LogP contribution in [0.3, 0.4) is 0 Å². The fourth-order valence-electron chi connectivity index (χ4n) is 2.73. The molecule has 0 saturated carbocycles. The molecule has 0 aromatic heterocycles. The summed E-state index contributed by atoms with van der Waals surface area (Å²) in [5, 5.41) is 34.2. The number of carbonyl (C=O) groups is 2. The van der Waals surface area contributed by atoms with Crippen LogP contribution in [-0.2, 0) is 25.6 Å². The Morgan fingerprint density at radius 2 is 1.89 bits per heavy atom. The smallest absolute Gasteiger partial charge is 0.408 e. The van der Waals surface area contributed by atoms with Crippen LogP contribution in [0.5, 0.6) is 0 Å². The van der Waals surface area contributed by atoms with Gasteiger partial charge in [-0.1, -0.05) is 30.3 Å². The molecule has 6 atom stereocenters. The Morgan fingerprint density at radius 1 is 1.21 bits per heavy atom. The monoisotopic (exact) mass is 398 g/mol. The normalized spacial score (nSPS) is 28.2. The van der Waals surface area contributed by atoms with Crippen LogP contribution in [0.4, 0.5) is 4.79 Å². The lowest BCUT2D eigenvalue weighted by atomic mass is 9.96. The number of methoxy groups -OCH3 is 1. The van der Waals surface area contributed by atoms with Crippen molar-refractivity contribution >= 4 is 12.0 Å². The number of carbonyl (C=O) groups excluding carboxylic acids is 2. The van der Waals surface area contributed by atoms with Gasteiger partial charge in [-0.25, -0.2) is 4.79 Å². The van der Waals surface area contributed by atoms with Crippen molar-refractivity contribution in [2.45, 2.75) is 50.2 Å². The molecular formula is C18H26N2O8. The van der Waals surface area contributed by atoms with Crippen molar-refractivity contribution in [3.05, 3.63) is 35.9 Å². The van der Waals surface area contributed by atoms with E-state index in [0.717, 1.165) is 5.56 Å². The molecule has 0 radical (unpaired) electrons. The number of alkyl carbamates (subject to hydrolysis) is 1. The van der Waals surface area contributed by atoms with Gasteiger partial charge < -0.3 is 40.2 Å². The zero-order valence-electron chi connectivity index (χ0n) is 15.6. The largest absolute Gasteiger partial charge is 0.445 e. The highest BCUT2D eigenvalue weighted by molar-refractivity contribution is 5.85. The van der Waals surface area contributed by atoms with Gasteiger partial charge in [-0.05, 0) is 12.5 Å². The third-order valence-corrected chi connectivity index (χ3v) is 4.36. The van der Waals surface area contributed by atoms with Gasteiger partial charge in [0.15, 0.2) is 6.29 Å². The molecule has 1 aromatic rings. The number of nitrogens with one attached hydrogen (secondary N) is 2. The minimum Gasteiger partial charge on any atom is -0.445 e. The SMILES string of the molecule is CO[C@H]1O[C@H](CO)[C@@H](O)[C@H](O)[C@H]1NC(=O)[C@H](C)NC(=O)OCc1ccccc1. The van der Waals surface area contributed by atoms with Crippen molar-refractivity contribution in [1.29, 1.82) is 0 Å². The third-order valence-electron chi connectivity index (χ3n) is 4.36. The predicted octanol–water partition coefficient (Wildman–Crippen LogP) is -1.13. The van der Waals surface area contributed by atoms with Crippen LogP contribution in [0.1, 0.15) is 12.5 Å². The van der Waals surface area contributed by atoms with E-state index >= 15 is 0 Å². The van der Waals surface area contributed by atoms with Crippen molar-refractivity contribution in [1.82, 2.24) is 10.6 Å². The molecule has 156 valence electrons. The van der Waals surface area contributed by atoms with Crippen LogP contribution in [0.2, 0.25) is 0 Å². The summed E-state index contributed by atoms with van der Waals surface area (Å²) in [6.07, 6.45) is -5.76. The molecule has 5 N–H and O–H groups in total. The molecule has 0 bridgehead atoms. The summed E-state index contributed by atoms with van der Waals surface area (Å²) < 4.78 is 15.4. The van der Waals surface area contributed by atoms with Gasteiger partial charge in [0.05, 0.1) is 6.61 Å². The van der Waals surface area contributed by atoms with Crippen molar-refractivity contribution in [3.8, 4) is 0 Å². The second kappa shape index (κ2) is 10.3. The van der Waals surface area contributed by atoms with E-state index in [1.54, 1.807) is 12.1 Å². The second-order valence-electron chi connectivity index (χ2n) is 6.40. The van der Waals surface area contributed by atoms with Crippen LogP contribution in [-0.4, -0.2) is 77.7 Å². The number of aliphatic hydroxyl groups excluding tert-OH is 3. The summed E-state index contributed by atoms with van der Waals surface area (Å²) in [5.74, 6) is -0.638. The molecule has 0 unspecified atom stereocenters. The molecule has 1 heterocycles. The fraction of sp³-hybridized carbons (Fsp3) is 0.556. The van der Waals surface area contributed by atoms with Crippen molar-refractivity contribution < 1.29 is 39.1 Å². The average Bonchev–Trinajstić information content (AvgIpc) is 2.70. The van der Waals surface area contributed by atoms with E-state index in [1.165, 1.54) is 14.0 Å². The Hall–Kier alpha value is -2.24. The average molecular weight is 398 g/mol. The van der Waals surface area contributed by atoms with Crippen LogP contribution >= 0.6 is 0 Å². The minimum absolute atomic E-state index is 0.0523. The molecule has 0 aliphatic carbocycles. The lowest BCUT2D eigenvalue weighted by molar-refractivity contribution is -0.262. The molecule has 1 aliphatic rings. The van der Waals surface area contributed by atoms with Gasteiger partial charge in [0.2, 0.25) is 5.91 Å². The first kappa shape index (κ1) is 22.1. The Balaban J connectivity index is 1.87. The maximum atomic E-state index is 12.4. The molecule has 2 amide bonds. The van der Waals surface area contributed by atoms with Gasteiger partial charge in [-0.15, -0.1) is 0 Å². The zero-order valence-corrected chi connectivity index (χ0v) is 15.6. The summed E-state index contributed by atoms with van der Waals surface area (Å²) in [4.78, 5) is 24.2. The lowest BCUT2D eigenvalue weighted by Gasteiger charge is -2.42. The first-order valence-corrected chi connectivity index (χ1v) is 8.80. The van der Waals surface area contributed by atoms with E-state index < -0.39 is 55.3 Å². The van der Waals surface area contributed by atoms with Gasteiger partial charge in [0, 0.05) is 7.11 Å². The van der Waals surface area contributed by atoms with Gasteiger partial charge in [-0.3, -0.25) is 4.79 Å². The third kappa shape index (κ3) is 5.63. The fourth-order valence-corrected chi connectivity index (χ4v) is 2.73. The number of amides is 2. The molecule has 1 aliphatic heterocycles. The van der Waals surface area contributed by atoms with Crippen LogP contribution < -0.4 is 10.6 Å². The number of benzene rings is 1. The van der Waals surface area contributed by atoms with Gasteiger partial charge >= 0.3 is 6.09 Å². The summed E-state index contributed by atoms with van der Waals surface area (Å²) in [6, 6.07) is 6.97. The Kier molecular flexibility index (Phi) is 8.15. The van der Waals surface area contributed by atoms with Gasteiger partial charge in [0.1, 0.15) is 37.0 Å². The summed E-state index contributed by atoms with van der Waals surface area (Å²) in [7, 11) is 1.30. The van der Waals surface area contributed by atoms with Crippen molar-refractivity contribution in [2.24, 2.45) is 0 Å². The molecule has 28 heavy (non-hydrogen) atoms. The van der Waals surface area contributed by atoms with Crippen LogP contribution in [0.25, 0.3) is 0 Å². The number of hydrogen-bond donors (Lipinski definition) is 5. The molecule has 10 heteroatoms. The number of hydrogen-bond acceptors (Lipinski definition) is 8. The Bertz CT molecular complexity index is 642. The molecule has 1 aromatic carbocycles. The van der Waals surface area contributed by atoms with E-state index in [9.17, 15) is 24.9 Å². The van der Waals surface area contributed by atoms with Crippen LogP contribution in [0.15, 0.2) is 30.3 Å². The second-order valence-corrected chi connectivity index (χ2v) is 6.40. The summed E-state index contributed by atoms with van der Waals surface area (Å²) in [6.45, 7) is 0.963. The van der Waals surface area contributed by atoms with E-state index in [4.69, 9.17) is 14.2 Å². The quantitative estimate of drug-likeness (QED) is 0.388. The predicted molar refractivity (Wildman–Crippen MR) is 95.9 cm³/mol. The Morgan fingerprint density at radius 3 is 2.50 bits per heavy atom. The molecule has 1 saturated heterocycles. The molecule has 0 spiro atoms. The van der Waals surface area contributed by atoms with E-state index in [1.807, 2.05) is 18.2 Å². The minimum atomic E-state index is -1.43. The topological polar surface area (TPSA) is 147 Å². The Labute approximate surface area is 162 Å². The zero-order chi connectivity index (χ0) is 20.7. The maximum absolute atomic E-state index is 12.4. The highest BCUT2D eigenvalue weighted by Crippen LogP contribution is 2.21. The highest BCUT2D eigenvalue weighted by atomic mass is 16.7. The molecular weight excluding hydrogens is 372 g/mol. The van der Waals surface area contributed by atoms with Crippen molar-refractivity contribution in [2.75, 3.05) is 13.7 Å². The van der Waals surface area contributed by atoms with E-state index in [-0.39, 0.29) is 6.61 Å². The molecule has 2 rings (SSSR count). The van der Waals surface area contributed by atoms with Gasteiger partial charge in [-0.2, -0.15) is 0 Å². The van der Waals surface area contributed by atoms with E-state index in [0.29, 0.717) is 0 Å². The first-order chi connectivity index (χ1) is 13.4. The van der Waals surface area contributed by atoms with E-state index in [2.05, 4.69) is 10.6 Å². The highest BCUT2D eigenvalue weighted by Gasteiger charge is 2.45. The van der Waals surface area contributed by atoms with Crippen LogP contribution in [0, 0.1) is 0 Å². The first-order valence-electron chi connectivity index (χ1n) is 8.80. The molecule has 1 fully saturated rings. The maximum Gasteiger partial charge on any atom is 0.408 e. The van der Waals surface area contributed by atoms with Crippen molar-refractivity contribution in [3.63, 3.8) is 0 Å². The molecule has 10 nitrogen and oxygen atoms in total. The number of rotatable bonds is 7. The number of ether oxygens (including phenoxy) is 3. The lowest BCUT2D eigenvalue weighted by Crippen LogP contribution is -2.65. The summed E-state index contributed by atoms with van der Waals surface area (Å²) >= 11 is 0. The summed E-state index contributed by atoms with van der Waals surface area (Å²) in [5.41, 5.74) is 0.799. The number of aliphatic hydroxyl groups is 3. The van der Waals surface area contributed by atoms with Gasteiger partial charge in [0.25, 0.3) is 0 Å². The standard InChI is InChI=1S/C18H26N2O8/c1-10(19-18(25)27-9-11-6-4-3-5-7-11)16(24)20-13-15(23)14(22)12(8-21)28-17(13)26-2/h3-7,10,12-15,17,21-23H,8-9H2,1-2H3,(H,19,25)(H,20,24)/t10-,12+,13+,14+,15+,17-/m0/s1.